The van der Waals surface area contributed by atoms with Crippen LogP contribution in [0.1, 0.15) is 45.6 Å². The van der Waals surface area contributed by atoms with Crippen LogP contribution in [-0.4, -0.2) is 54.1 Å². The first-order valence-corrected chi connectivity index (χ1v) is 11.3. The number of Topliss-reactive ketones (excluding diaryl/α,β-unsaturated/α-hetero) is 1. The summed E-state index contributed by atoms with van der Waals surface area (Å²) in [7, 11) is -4.32. The lowest BCUT2D eigenvalue weighted by atomic mass is 10.0. The van der Waals surface area contributed by atoms with E-state index >= 15 is 0 Å². The normalized spacial score (nSPS) is 22.3. The van der Waals surface area contributed by atoms with E-state index in [1.807, 2.05) is 13.8 Å². The smallest absolute Gasteiger partial charge is 0.345 e. The molecule has 1 aromatic rings. The Hall–Kier alpha value is -2.05. The maximum atomic E-state index is 12.9. The highest BCUT2D eigenvalue weighted by molar-refractivity contribution is 7.89. The Morgan fingerprint density at radius 3 is 2.48 bits per heavy atom. The molecule has 1 amide bonds. The van der Waals surface area contributed by atoms with Crippen molar-refractivity contribution < 1.29 is 31.2 Å². The number of aromatic nitrogens is 1. The van der Waals surface area contributed by atoms with Gasteiger partial charge in [-0.3, -0.25) is 9.59 Å². The predicted octanol–water partition coefficient (Wildman–Crippen LogP) is 1.70. The number of hydrogen-bond donors (Lipinski definition) is 2. The van der Waals surface area contributed by atoms with Gasteiger partial charge in [-0.25, -0.2) is 13.4 Å². The van der Waals surface area contributed by atoms with Gasteiger partial charge in [-0.15, -0.1) is 0 Å². The van der Waals surface area contributed by atoms with Crippen molar-refractivity contribution in [2.24, 2.45) is 11.7 Å². The van der Waals surface area contributed by atoms with Gasteiger partial charge in [-0.1, -0.05) is 13.8 Å². The maximum absolute atomic E-state index is 12.9. The lowest BCUT2D eigenvalue weighted by Crippen LogP contribution is -2.50. The quantitative estimate of drug-likeness (QED) is 0.661. The Morgan fingerprint density at radius 1 is 1.32 bits per heavy atom. The number of ketones is 1. The van der Waals surface area contributed by atoms with Crippen molar-refractivity contribution in [2.75, 3.05) is 6.54 Å². The topological polar surface area (TPSA) is 122 Å². The fourth-order valence-corrected chi connectivity index (χ4v) is 4.86. The lowest BCUT2D eigenvalue weighted by Gasteiger charge is -2.25. The first-order chi connectivity index (χ1) is 14.2. The third kappa shape index (κ3) is 6.23. The first-order valence-electron chi connectivity index (χ1n) is 9.87. The molecule has 12 heteroatoms. The van der Waals surface area contributed by atoms with Crippen molar-refractivity contribution in [3.05, 3.63) is 23.9 Å². The van der Waals surface area contributed by atoms with Gasteiger partial charge in [-0.2, -0.15) is 17.5 Å². The molecule has 2 rings (SSSR count). The molecule has 0 bridgehead atoms. The number of halogens is 3. The second kappa shape index (κ2) is 9.61. The molecule has 0 spiro atoms. The summed E-state index contributed by atoms with van der Waals surface area (Å²) < 4.78 is 65.0. The third-order valence-corrected chi connectivity index (χ3v) is 6.96. The maximum Gasteiger partial charge on any atom is 0.417 e. The summed E-state index contributed by atoms with van der Waals surface area (Å²) in [6.45, 7) is 4.87. The standard InChI is InChI=1S/C19H27F3N4O4S/c1-11(2)8-14(23)18(28)25-15-6-4-12(3)26(10-16(15)27)31(29,30)17-7-5-13(9-24-17)19(20,21)22/h5,7,9,11-12,14-15H,4,6,8,10,23H2,1-3H3,(H,25,28)/t12-,14+,15+/m1/s1. The van der Waals surface area contributed by atoms with E-state index in [9.17, 15) is 31.2 Å². The molecule has 1 aromatic heterocycles. The molecule has 1 aliphatic rings. The molecule has 0 saturated carbocycles. The minimum Gasteiger partial charge on any atom is -0.345 e. The van der Waals surface area contributed by atoms with E-state index in [-0.39, 0.29) is 18.8 Å². The Labute approximate surface area is 179 Å². The summed E-state index contributed by atoms with van der Waals surface area (Å²) >= 11 is 0. The van der Waals surface area contributed by atoms with Crippen LogP contribution in [0.4, 0.5) is 13.2 Å². The summed E-state index contributed by atoms with van der Waals surface area (Å²) in [6, 6.07) is -0.906. The van der Waals surface area contributed by atoms with Crippen molar-refractivity contribution in [2.45, 2.75) is 69.4 Å². The van der Waals surface area contributed by atoms with Gasteiger partial charge in [0.25, 0.3) is 10.0 Å². The van der Waals surface area contributed by atoms with Gasteiger partial charge in [-0.05, 0) is 44.2 Å². The molecule has 174 valence electrons. The van der Waals surface area contributed by atoms with E-state index < -0.39 is 63.1 Å². The predicted molar refractivity (Wildman–Crippen MR) is 106 cm³/mol. The fourth-order valence-electron chi connectivity index (χ4n) is 3.32. The van der Waals surface area contributed by atoms with Crippen LogP contribution in [0, 0.1) is 5.92 Å². The van der Waals surface area contributed by atoms with E-state index in [1.54, 1.807) is 6.92 Å². The van der Waals surface area contributed by atoms with Crippen molar-refractivity contribution in [3.63, 3.8) is 0 Å². The molecule has 0 aliphatic carbocycles. The summed E-state index contributed by atoms with van der Waals surface area (Å²) in [6.07, 6.45) is -3.30. The molecular formula is C19H27F3N4O4S. The number of carbonyl (C=O) groups is 2. The second-order valence-electron chi connectivity index (χ2n) is 8.12. The molecule has 8 nitrogen and oxygen atoms in total. The number of nitrogens with one attached hydrogen (secondary N) is 1. The molecule has 3 atom stereocenters. The van der Waals surface area contributed by atoms with Crippen LogP contribution in [0.5, 0.6) is 0 Å². The van der Waals surface area contributed by atoms with Crippen LogP contribution < -0.4 is 11.1 Å². The average Bonchev–Trinajstić information content (AvgIpc) is 2.80. The number of carbonyl (C=O) groups excluding carboxylic acids is 2. The molecule has 2 heterocycles. The first kappa shape index (κ1) is 25.2. The molecule has 1 saturated heterocycles. The van der Waals surface area contributed by atoms with Crippen LogP contribution in [0.15, 0.2) is 23.4 Å². The third-order valence-electron chi connectivity index (χ3n) is 5.08. The molecule has 31 heavy (non-hydrogen) atoms. The zero-order valence-electron chi connectivity index (χ0n) is 17.5. The molecule has 1 fully saturated rings. The number of rotatable bonds is 6. The highest BCUT2D eigenvalue weighted by Gasteiger charge is 2.38. The van der Waals surface area contributed by atoms with Crippen LogP contribution in [-0.2, 0) is 25.8 Å². The van der Waals surface area contributed by atoms with Gasteiger partial charge in [0.1, 0.15) is 0 Å². The SMILES string of the molecule is CC(C)C[C@H](N)C(=O)N[C@H]1CC[C@@H](C)N(S(=O)(=O)c2ccc(C(F)(F)F)cn2)CC1=O. The second-order valence-corrected chi connectivity index (χ2v) is 9.96. The summed E-state index contributed by atoms with van der Waals surface area (Å²) in [5, 5.41) is 2.01. The zero-order valence-corrected chi connectivity index (χ0v) is 18.3. The number of sulfonamides is 1. The number of nitrogens with zero attached hydrogens (tertiary/aromatic N) is 2. The van der Waals surface area contributed by atoms with Crippen molar-refractivity contribution in [1.82, 2.24) is 14.6 Å². The summed E-state index contributed by atoms with van der Waals surface area (Å²) in [5.41, 5.74) is 4.77. The molecule has 1 aliphatic heterocycles. The van der Waals surface area contributed by atoms with E-state index in [0.717, 1.165) is 10.4 Å². The van der Waals surface area contributed by atoms with Crippen LogP contribution in [0.25, 0.3) is 0 Å². The van der Waals surface area contributed by atoms with E-state index in [2.05, 4.69) is 10.3 Å². The van der Waals surface area contributed by atoms with Crippen molar-refractivity contribution in [3.8, 4) is 0 Å². The van der Waals surface area contributed by atoms with E-state index in [0.29, 0.717) is 18.7 Å². The molecular weight excluding hydrogens is 437 g/mol. The van der Waals surface area contributed by atoms with E-state index in [1.165, 1.54) is 0 Å². The van der Waals surface area contributed by atoms with Crippen LogP contribution in [0.3, 0.4) is 0 Å². The number of alkyl halides is 3. The van der Waals surface area contributed by atoms with Gasteiger partial charge < -0.3 is 11.1 Å². The Balaban J connectivity index is 2.18. The largest absolute Gasteiger partial charge is 0.417 e. The van der Waals surface area contributed by atoms with Crippen molar-refractivity contribution in [1.29, 1.82) is 0 Å². The number of amides is 1. The van der Waals surface area contributed by atoms with Crippen molar-refractivity contribution >= 4 is 21.7 Å². The van der Waals surface area contributed by atoms with Crippen LogP contribution >= 0.6 is 0 Å². The molecule has 3 N–H and O–H groups in total. The average molecular weight is 465 g/mol. The monoisotopic (exact) mass is 464 g/mol. The minimum absolute atomic E-state index is 0.183. The number of pyridine rings is 1. The zero-order chi connectivity index (χ0) is 23.6. The molecule has 0 aromatic carbocycles. The highest BCUT2D eigenvalue weighted by atomic mass is 32.2. The minimum atomic E-state index is -4.65. The van der Waals surface area contributed by atoms with Gasteiger partial charge in [0.05, 0.1) is 24.2 Å². The van der Waals surface area contributed by atoms with Gasteiger partial charge in [0, 0.05) is 12.2 Å². The van der Waals surface area contributed by atoms with Gasteiger partial charge >= 0.3 is 6.18 Å². The van der Waals surface area contributed by atoms with Gasteiger partial charge in [0.2, 0.25) is 5.91 Å². The van der Waals surface area contributed by atoms with Gasteiger partial charge in [0.15, 0.2) is 10.8 Å². The summed E-state index contributed by atoms with van der Waals surface area (Å²) in [5.74, 6) is -0.826. The molecule has 0 radical (unpaired) electrons. The Kier molecular flexibility index (Phi) is 7.82. The molecule has 0 unspecified atom stereocenters. The Morgan fingerprint density at radius 2 is 1.97 bits per heavy atom. The number of nitrogens with two attached hydrogens (primary N) is 1. The highest BCUT2D eigenvalue weighted by Crippen LogP contribution is 2.30. The lowest BCUT2D eigenvalue weighted by molar-refractivity contribution is -0.137. The van der Waals surface area contributed by atoms with E-state index in [4.69, 9.17) is 5.73 Å². The fraction of sp³-hybridized carbons (Fsp3) is 0.632. The number of hydrogen-bond acceptors (Lipinski definition) is 6. The van der Waals surface area contributed by atoms with Crippen LogP contribution in [0.2, 0.25) is 0 Å². The summed E-state index contributed by atoms with van der Waals surface area (Å²) in [4.78, 5) is 28.4. The Bertz CT molecular complexity index is 904.